The van der Waals surface area contributed by atoms with E-state index in [1.807, 2.05) is 0 Å². The quantitative estimate of drug-likeness (QED) is 0.786. The van der Waals surface area contributed by atoms with Crippen LogP contribution in [-0.2, 0) is 17.8 Å². The number of halogens is 1. The molecule has 1 N–H and O–H groups in total. The standard InChI is InChI=1S/C16H21FN4OS/c1-2-23-16-20-19-15(21(16)11-14-4-3-9-22-14)10-18-13-7-5-12(17)6-8-13/h5-8,14,18H,2-4,9-11H2,1H3/t14-/m1/s1. The summed E-state index contributed by atoms with van der Waals surface area (Å²) in [5.74, 6) is 1.59. The Balaban J connectivity index is 1.70. The summed E-state index contributed by atoms with van der Waals surface area (Å²) in [6.45, 7) is 4.28. The summed E-state index contributed by atoms with van der Waals surface area (Å²) in [5, 5.41) is 12.8. The third-order valence-corrected chi connectivity index (χ3v) is 4.62. The van der Waals surface area contributed by atoms with E-state index in [1.165, 1.54) is 12.1 Å². The van der Waals surface area contributed by atoms with Crippen LogP contribution in [0.1, 0.15) is 25.6 Å². The summed E-state index contributed by atoms with van der Waals surface area (Å²) in [4.78, 5) is 0. The van der Waals surface area contributed by atoms with Gasteiger partial charge in [0, 0.05) is 12.3 Å². The second-order valence-electron chi connectivity index (χ2n) is 5.44. The number of aromatic nitrogens is 3. The number of thioether (sulfide) groups is 1. The molecule has 0 unspecified atom stereocenters. The molecule has 0 bridgehead atoms. The first-order valence-corrected chi connectivity index (χ1v) is 8.90. The number of hydrogen-bond acceptors (Lipinski definition) is 5. The minimum absolute atomic E-state index is 0.237. The molecular weight excluding hydrogens is 315 g/mol. The summed E-state index contributed by atoms with van der Waals surface area (Å²) < 4.78 is 20.8. The van der Waals surface area contributed by atoms with Gasteiger partial charge in [0.05, 0.1) is 19.2 Å². The Labute approximate surface area is 139 Å². The second-order valence-corrected chi connectivity index (χ2v) is 6.67. The Hall–Kier alpha value is -1.60. The van der Waals surface area contributed by atoms with Gasteiger partial charge in [0.2, 0.25) is 0 Å². The van der Waals surface area contributed by atoms with E-state index in [9.17, 15) is 4.39 Å². The van der Waals surface area contributed by atoms with E-state index in [0.717, 1.165) is 48.4 Å². The Morgan fingerprint density at radius 3 is 2.87 bits per heavy atom. The summed E-state index contributed by atoms with van der Waals surface area (Å²) in [5.41, 5.74) is 0.864. The zero-order chi connectivity index (χ0) is 16.1. The topological polar surface area (TPSA) is 52.0 Å². The molecule has 1 atom stereocenters. The summed E-state index contributed by atoms with van der Waals surface area (Å²) >= 11 is 1.69. The molecule has 1 fully saturated rings. The second kappa shape index (κ2) is 7.79. The normalized spacial score (nSPS) is 17.6. The van der Waals surface area contributed by atoms with E-state index < -0.39 is 0 Å². The van der Waals surface area contributed by atoms with E-state index in [2.05, 4.69) is 27.0 Å². The number of rotatable bonds is 7. The molecule has 3 rings (SSSR count). The van der Waals surface area contributed by atoms with E-state index in [-0.39, 0.29) is 11.9 Å². The molecule has 1 aromatic carbocycles. The minimum atomic E-state index is -0.237. The average molecular weight is 336 g/mol. The van der Waals surface area contributed by atoms with Crippen molar-refractivity contribution in [1.29, 1.82) is 0 Å². The van der Waals surface area contributed by atoms with Crippen LogP contribution < -0.4 is 5.32 Å². The molecule has 23 heavy (non-hydrogen) atoms. The number of hydrogen-bond donors (Lipinski definition) is 1. The molecule has 5 nitrogen and oxygen atoms in total. The van der Waals surface area contributed by atoms with Crippen molar-refractivity contribution in [1.82, 2.24) is 14.8 Å². The lowest BCUT2D eigenvalue weighted by Gasteiger charge is -2.15. The average Bonchev–Trinajstić information content (AvgIpc) is 3.19. The monoisotopic (exact) mass is 336 g/mol. The number of ether oxygens (including phenoxy) is 1. The van der Waals surface area contributed by atoms with Gasteiger partial charge in [-0.1, -0.05) is 18.7 Å². The number of anilines is 1. The molecule has 2 aromatic rings. The molecule has 1 aromatic heterocycles. The zero-order valence-electron chi connectivity index (χ0n) is 13.2. The molecular formula is C16H21FN4OS. The molecule has 1 aliphatic rings. The van der Waals surface area contributed by atoms with Crippen molar-refractivity contribution in [3.8, 4) is 0 Å². The highest BCUT2D eigenvalue weighted by molar-refractivity contribution is 7.99. The van der Waals surface area contributed by atoms with Crippen LogP contribution >= 0.6 is 11.8 Å². The Kier molecular flexibility index (Phi) is 5.51. The van der Waals surface area contributed by atoms with Crippen LogP contribution in [0, 0.1) is 5.82 Å². The number of nitrogens with one attached hydrogen (secondary N) is 1. The third-order valence-electron chi connectivity index (χ3n) is 3.77. The molecule has 0 saturated carbocycles. The molecule has 0 spiro atoms. The van der Waals surface area contributed by atoms with Crippen LogP contribution in [0.3, 0.4) is 0 Å². The molecule has 1 saturated heterocycles. The SMILES string of the molecule is CCSc1nnc(CNc2ccc(F)cc2)n1C[C@H]1CCCO1. The van der Waals surface area contributed by atoms with E-state index in [4.69, 9.17) is 4.74 Å². The predicted octanol–water partition coefficient (Wildman–Crippen LogP) is 3.32. The first-order valence-electron chi connectivity index (χ1n) is 7.92. The molecule has 124 valence electrons. The molecule has 7 heteroatoms. The van der Waals surface area contributed by atoms with Crippen molar-refractivity contribution in [3.05, 3.63) is 35.9 Å². The molecule has 2 heterocycles. The van der Waals surface area contributed by atoms with Gasteiger partial charge in [-0.25, -0.2) is 4.39 Å². The molecule has 0 aliphatic carbocycles. The van der Waals surface area contributed by atoms with Crippen LogP contribution in [0.4, 0.5) is 10.1 Å². The highest BCUT2D eigenvalue weighted by atomic mass is 32.2. The van der Waals surface area contributed by atoms with Crippen LogP contribution in [0.25, 0.3) is 0 Å². The zero-order valence-corrected chi connectivity index (χ0v) is 14.0. The minimum Gasteiger partial charge on any atom is -0.378 e. The highest BCUT2D eigenvalue weighted by Gasteiger charge is 2.20. The molecule has 0 amide bonds. The van der Waals surface area contributed by atoms with Crippen molar-refractivity contribution in [2.45, 2.75) is 44.1 Å². The fourth-order valence-electron chi connectivity index (χ4n) is 2.61. The molecule has 1 aliphatic heterocycles. The first-order chi connectivity index (χ1) is 11.3. The van der Waals surface area contributed by atoms with Crippen LogP contribution in [0.5, 0.6) is 0 Å². The first kappa shape index (κ1) is 16.3. The van der Waals surface area contributed by atoms with Crippen molar-refractivity contribution in [3.63, 3.8) is 0 Å². The van der Waals surface area contributed by atoms with E-state index in [1.54, 1.807) is 23.9 Å². The Morgan fingerprint density at radius 1 is 1.35 bits per heavy atom. The largest absolute Gasteiger partial charge is 0.378 e. The van der Waals surface area contributed by atoms with Gasteiger partial charge in [-0.3, -0.25) is 0 Å². The fraction of sp³-hybridized carbons (Fsp3) is 0.500. The van der Waals surface area contributed by atoms with Gasteiger partial charge < -0.3 is 14.6 Å². The van der Waals surface area contributed by atoms with Crippen LogP contribution in [-0.4, -0.2) is 33.2 Å². The van der Waals surface area contributed by atoms with Gasteiger partial charge in [0.1, 0.15) is 5.82 Å². The molecule has 0 radical (unpaired) electrons. The maximum absolute atomic E-state index is 13.0. The maximum atomic E-state index is 13.0. The van der Waals surface area contributed by atoms with Crippen molar-refractivity contribution < 1.29 is 9.13 Å². The van der Waals surface area contributed by atoms with Gasteiger partial charge >= 0.3 is 0 Å². The number of nitrogens with zero attached hydrogens (tertiary/aromatic N) is 3. The van der Waals surface area contributed by atoms with E-state index >= 15 is 0 Å². The van der Waals surface area contributed by atoms with Gasteiger partial charge in [-0.15, -0.1) is 10.2 Å². The Morgan fingerprint density at radius 2 is 2.17 bits per heavy atom. The summed E-state index contributed by atoms with van der Waals surface area (Å²) in [6.07, 6.45) is 2.44. The highest BCUT2D eigenvalue weighted by Crippen LogP contribution is 2.21. The van der Waals surface area contributed by atoms with Crippen LogP contribution in [0.2, 0.25) is 0 Å². The van der Waals surface area contributed by atoms with Crippen LogP contribution in [0.15, 0.2) is 29.4 Å². The van der Waals surface area contributed by atoms with Gasteiger partial charge in [0.25, 0.3) is 0 Å². The third kappa shape index (κ3) is 4.23. The van der Waals surface area contributed by atoms with Gasteiger partial charge in [-0.05, 0) is 42.9 Å². The lowest BCUT2D eigenvalue weighted by molar-refractivity contribution is 0.0942. The number of benzene rings is 1. The van der Waals surface area contributed by atoms with Crippen molar-refractivity contribution in [2.75, 3.05) is 17.7 Å². The summed E-state index contributed by atoms with van der Waals surface area (Å²) in [7, 11) is 0. The predicted molar refractivity (Wildman–Crippen MR) is 89.1 cm³/mol. The lowest BCUT2D eigenvalue weighted by atomic mass is 10.2. The smallest absolute Gasteiger partial charge is 0.191 e. The Bertz CT molecular complexity index is 626. The van der Waals surface area contributed by atoms with Crippen molar-refractivity contribution >= 4 is 17.4 Å². The maximum Gasteiger partial charge on any atom is 0.191 e. The lowest BCUT2D eigenvalue weighted by Crippen LogP contribution is -2.19. The van der Waals surface area contributed by atoms with Gasteiger partial charge in [-0.2, -0.15) is 0 Å². The van der Waals surface area contributed by atoms with Crippen molar-refractivity contribution in [2.24, 2.45) is 0 Å². The van der Waals surface area contributed by atoms with Gasteiger partial charge in [0.15, 0.2) is 11.0 Å². The van der Waals surface area contributed by atoms with E-state index in [0.29, 0.717) is 6.54 Å². The fourth-order valence-corrected chi connectivity index (χ4v) is 3.30. The summed E-state index contributed by atoms with van der Waals surface area (Å²) in [6, 6.07) is 6.32.